The van der Waals surface area contributed by atoms with E-state index < -0.39 is 11.9 Å². The first-order valence-electron chi connectivity index (χ1n) is 6.86. The van der Waals surface area contributed by atoms with E-state index >= 15 is 0 Å². The van der Waals surface area contributed by atoms with Crippen molar-refractivity contribution in [1.82, 2.24) is 5.32 Å². The highest BCUT2D eigenvalue weighted by molar-refractivity contribution is 6.00. The van der Waals surface area contributed by atoms with Crippen molar-refractivity contribution in [2.75, 3.05) is 36.9 Å². The van der Waals surface area contributed by atoms with Crippen LogP contribution in [0.1, 0.15) is 17.3 Å². The molecule has 21 heavy (non-hydrogen) atoms. The summed E-state index contributed by atoms with van der Waals surface area (Å²) < 4.78 is 5.38. The zero-order chi connectivity index (χ0) is 15.4. The molecule has 1 fully saturated rings. The molecular weight excluding hydrogens is 272 g/mol. The summed E-state index contributed by atoms with van der Waals surface area (Å²) in [6, 6.07) is 4.45. The summed E-state index contributed by atoms with van der Waals surface area (Å²) in [7, 11) is 0. The highest BCUT2D eigenvalue weighted by atomic mass is 16.5. The van der Waals surface area contributed by atoms with Crippen LogP contribution in [0.3, 0.4) is 0 Å². The minimum absolute atomic E-state index is 0.135. The predicted molar refractivity (Wildman–Crippen MR) is 80.0 cm³/mol. The number of anilines is 2. The van der Waals surface area contributed by atoms with Gasteiger partial charge in [-0.15, -0.1) is 0 Å². The maximum Gasteiger partial charge on any atom is 0.250 e. The molecule has 0 radical (unpaired) electrons. The molecule has 1 heterocycles. The molecule has 1 saturated heterocycles. The number of likely N-dealkylation sites (N-methyl/N-ethyl adjacent to an activating group) is 1. The van der Waals surface area contributed by atoms with E-state index in [9.17, 15) is 9.59 Å². The number of nitrogens with zero attached hydrogens (tertiary/aromatic N) is 1. The Labute approximate surface area is 123 Å². The van der Waals surface area contributed by atoms with Gasteiger partial charge in [0.05, 0.1) is 24.5 Å². The van der Waals surface area contributed by atoms with Crippen LogP contribution in [0, 0.1) is 0 Å². The van der Waals surface area contributed by atoms with Gasteiger partial charge in [-0.2, -0.15) is 0 Å². The molecule has 0 spiro atoms. The van der Waals surface area contributed by atoms with E-state index in [2.05, 4.69) is 5.32 Å². The molecule has 7 heteroatoms. The van der Waals surface area contributed by atoms with Crippen molar-refractivity contribution in [2.24, 2.45) is 5.73 Å². The number of carbonyl (C=O) groups is 2. The van der Waals surface area contributed by atoms with Crippen LogP contribution in [0.4, 0.5) is 11.4 Å². The molecule has 5 N–H and O–H groups in total. The number of nitrogen functional groups attached to an aromatic ring is 1. The normalized spacial score (nSPS) is 18.3. The van der Waals surface area contributed by atoms with E-state index in [0.29, 0.717) is 36.6 Å². The topological polar surface area (TPSA) is 111 Å². The zero-order valence-corrected chi connectivity index (χ0v) is 12.0. The Hall–Kier alpha value is -2.28. The molecule has 0 aliphatic carbocycles. The van der Waals surface area contributed by atoms with Crippen molar-refractivity contribution >= 4 is 23.2 Å². The molecule has 1 aliphatic rings. The number of nitrogens with one attached hydrogen (secondary N) is 1. The second-order valence-electron chi connectivity index (χ2n) is 4.82. The molecule has 1 aliphatic heterocycles. The van der Waals surface area contributed by atoms with Gasteiger partial charge in [-0.25, -0.2) is 0 Å². The number of rotatable bonds is 4. The van der Waals surface area contributed by atoms with Crippen LogP contribution < -0.4 is 21.7 Å². The van der Waals surface area contributed by atoms with Crippen LogP contribution in [0.15, 0.2) is 18.2 Å². The third-order valence-corrected chi connectivity index (χ3v) is 3.38. The van der Waals surface area contributed by atoms with Crippen molar-refractivity contribution in [3.63, 3.8) is 0 Å². The lowest BCUT2D eigenvalue weighted by atomic mass is 10.1. The van der Waals surface area contributed by atoms with E-state index in [4.69, 9.17) is 16.2 Å². The zero-order valence-electron chi connectivity index (χ0n) is 12.0. The van der Waals surface area contributed by atoms with Gasteiger partial charge in [0.1, 0.15) is 6.04 Å². The molecule has 1 atom stereocenters. The van der Waals surface area contributed by atoms with E-state index in [-0.39, 0.29) is 12.5 Å². The lowest BCUT2D eigenvalue weighted by molar-refractivity contribution is -0.124. The fraction of sp³-hybridized carbons (Fsp3) is 0.429. The molecule has 2 amide bonds. The SMILES string of the molecule is CCNC(=O)C1COCCN1c1ccc(N)cc1C(N)=O. The standard InChI is InChI=1S/C14H20N4O3/c1-2-17-14(20)12-8-21-6-5-18(12)11-4-3-9(15)7-10(11)13(16)19/h3-4,7,12H,2,5-6,8,15H2,1H3,(H2,16,19)(H,17,20). The maximum absolute atomic E-state index is 12.2. The number of hydrogen-bond acceptors (Lipinski definition) is 5. The maximum atomic E-state index is 12.2. The van der Waals surface area contributed by atoms with Crippen LogP contribution in [0.2, 0.25) is 0 Å². The average Bonchev–Trinajstić information content (AvgIpc) is 2.47. The third-order valence-electron chi connectivity index (χ3n) is 3.38. The van der Waals surface area contributed by atoms with Gasteiger partial charge in [0.15, 0.2) is 0 Å². The van der Waals surface area contributed by atoms with Crippen molar-refractivity contribution in [2.45, 2.75) is 13.0 Å². The van der Waals surface area contributed by atoms with Crippen molar-refractivity contribution in [1.29, 1.82) is 0 Å². The number of ether oxygens (including phenoxy) is 1. The van der Waals surface area contributed by atoms with Gasteiger partial charge in [0, 0.05) is 18.8 Å². The van der Waals surface area contributed by atoms with Gasteiger partial charge in [-0.1, -0.05) is 0 Å². The predicted octanol–water partition coefficient (Wildman–Crippen LogP) is -0.291. The first kappa shape index (κ1) is 15.1. The Morgan fingerprint density at radius 3 is 2.90 bits per heavy atom. The lowest BCUT2D eigenvalue weighted by Crippen LogP contribution is -2.54. The largest absolute Gasteiger partial charge is 0.399 e. The molecule has 2 rings (SSSR count). The highest BCUT2D eigenvalue weighted by Gasteiger charge is 2.31. The Morgan fingerprint density at radius 2 is 2.24 bits per heavy atom. The van der Waals surface area contributed by atoms with Crippen LogP contribution in [0.5, 0.6) is 0 Å². The van der Waals surface area contributed by atoms with Gasteiger partial charge >= 0.3 is 0 Å². The second kappa shape index (κ2) is 6.45. The molecule has 114 valence electrons. The summed E-state index contributed by atoms with van der Waals surface area (Å²) >= 11 is 0. The van der Waals surface area contributed by atoms with E-state index in [0.717, 1.165) is 0 Å². The summed E-state index contributed by atoms with van der Waals surface area (Å²) in [6.45, 7) is 3.65. The van der Waals surface area contributed by atoms with E-state index in [1.54, 1.807) is 12.1 Å². The third kappa shape index (κ3) is 3.25. The molecule has 0 bridgehead atoms. The van der Waals surface area contributed by atoms with Crippen molar-refractivity contribution in [3.8, 4) is 0 Å². The number of hydrogen-bond donors (Lipinski definition) is 3. The van der Waals surface area contributed by atoms with E-state index in [1.165, 1.54) is 6.07 Å². The molecule has 1 aromatic carbocycles. The Morgan fingerprint density at radius 1 is 1.48 bits per heavy atom. The number of primary amides is 1. The molecular formula is C14H20N4O3. The number of amides is 2. The summed E-state index contributed by atoms with van der Waals surface area (Å²) in [5.74, 6) is -0.706. The van der Waals surface area contributed by atoms with Crippen LogP contribution in [-0.4, -0.2) is 44.2 Å². The number of nitrogens with two attached hydrogens (primary N) is 2. The van der Waals surface area contributed by atoms with Gasteiger partial charge in [-0.3, -0.25) is 9.59 Å². The van der Waals surface area contributed by atoms with Crippen LogP contribution in [0.25, 0.3) is 0 Å². The molecule has 1 aromatic rings. The van der Waals surface area contributed by atoms with Gasteiger partial charge in [-0.05, 0) is 25.1 Å². The smallest absolute Gasteiger partial charge is 0.250 e. The fourth-order valence-corrected chi connectivity index (χ4v) is 2.40. The molecule has 1 unspecified atom stereocenters. The Kier molecular flexibility index (Phi) is 4.64. The first-order valence-corrected chi connectivity index (χ1v) is 6.86. The molecule has 0 saturated carbocycles. The second-order valence-corrected chi connectivity index (χ2v) is 4.82. The van der Waals surface area contributed by atoms with Crippen LogP contribution in [-0.2, 0) is 9.53 Å². The summed E-state index contributed by atoms with van der Waals surface area (Å²) in [5, 5.41) is 2.77. The fourth-order valence-electron chi connectivity index (χ4n) is 2.40. The highest BCUT2D eigenvalue weighted by Crippen LogP contribution is 2.26. The van der Waals surface area contributed by atoms with Gasteiger partial charge in [0.2, 0.25) is 5.91 Å². The van der Waals surface area contributed by atoms with Gasteiger partial charge in [0.25, 0.3) is 5.91 Å². The number of morpholine rings is 1. The lowest BCUT2D eigenvalue weighted by Gasteiger charge is -2.37. The van der Waals surface area contributed by atoms with E-state index in [1.807, 2.05) is 11.8 Å². The minimum Gasteiger partial charge on any atom is -0.399 e. The van der Waals surface area contributed by atoms with Gasteiger partial charge < -0.3 is 26.4 Å². The monoisotopic (exact) mass is 292 g/mol. The summed E-state index contributed by atoms with van der Waals surface area (Å²) in [6.07, 6.45) is 0. The minimum atomic E-state index is -0.571. The van der Waals surface area contributed by atoms with Crippen LogP contribution >= 0.6 is 0 Å². The average molecular weight is 292 g/mol. The molecule has 0 aromatic heterocycles. The Balaban J connectivity index is 2.37. The first-order chi connectivity index (χ1) is 10.0. The number of benzene rings is 1. The quantitative estimate of drug-likeness (QED) is 0.660. The van der Waals surface area contributed by atoms with Crippen molar-refractivity contribution < 1.29 is 14.3 Å². The summed E-state index contributed by atoms with van der Waals surface area (Å²) in [5.41, 5.74) is 12.5. The number of carbonyl (C=O) groups excluding carboxylic acids is 2. The molecule has 7 nitrogen and oxygen atoms in total. The summed E-state index contributed by atoms with van der Waals surface area (Å²) in [4.78, 5) is 25.6. The van der Waals surface area contributed by atoms with Crippen molar-refractivity contribution in [3.05, 3.63) is 23.8 Å². The Bertz CT molecular complexity index is 547.